The smallest absolute Gasteiger partial charge is 0.124 e. The van der Waals surface area contributed by atoms with E-state index in [1.54, 1.807) is 6.07 Å². The van der Waals surface area contributed by atoms with Gasteiger partial charge in [-0.25, -0.2) is 4.39 Å². The lowest BCUT2D eigenvalue weighted by atomic mass is 9.98. The van der Waals surface area contributed by atoms with E-state index in [-0.39, 0.29) is 5.82 Å². The fraction of sp³-hybridized carbons (Fsp3) is 0.538. The highest BCUT2D eigenvalue weighted by atomic mass is 35.5. The van der Waals surface area contributed by atoms with Crippen LogP contribution in [0.5, 0.6) is 0 Å². The molecule has 0 radical (unpaired) electrons. The summed E-state index contributed by atoms with van der Waals surface area (Å²) in [4.78, 5) is 2.35. The van der Waals surface area contributed by atoms with Gasteiger partial charge < -0.3 is 5.73 Å². The first-order valence-corrected chi connectivity index (χ1v) is 6.37. The van der Waals surface area contributed by atoms with Crippen LogP contribution < -0.4 is 5.73 Å². The molecular weight excluding hydrogens is 239 g/mol. The normalized spacial score (nSPS) is 26.1. The van der Waals surface area contributed by atoms with Gasteiger partial charge in [-0.3, -0.25) is 4.90 Å². The second kappa shape index (κ2) is 5.34. The highest BCUT2D eigenvalue weighted by Gasteiger charge is 2.23. The highest BCUT2D eigenvalue weighted by molar-refractivity contribution is 6.31. The van der Waals surface area contributed by atoms with Gasteiger partial charge in [-0.1, -0.05) is 17.7 Å². The van der Waals surface area contributed by atoms with Crippen LogP contribution in [-0.2, 0) is 6.54 Å². The first-order valence-electron chi connectivity index (χ1n) is 6.00. The van der Waals surface area contributed by atoms with E-state index in [1.165, 1.54) is 12.1 Å². The minimum atomic E-state index is -0.285. The molecule has 94 valence electrons. The Hall–Kier alpha value is -0.640. The molecule has 1 saturated heterocycles. The molecule has 2 unspecified atom stereocenters. The molecule has 1 fully saturated rings. The number of rotatable bonds is 2. The van der Waals surface area contributed by atoms with Crippen LogP contribution in [0.1, 0.15) is 25.3 Å². The van der Waals surface area contributed by atoms with Crippen LogP contribution in [0, 0.1) is 5.82 Å². The standard InChI is InChI=1S/C13H18ClFN2/c1-9-6-12(16)4-5-17(9)8-10-2-3-11(15)7-13(10)14/h2-3,7,9,12H,4-6,8,16H2,1H3. The van der Waals surface area contributed by atoms with E-state index in [2.05, 4.69) is 11.8 Å². The third-order valence-electron chi connectivity index (χ3n) is 3.44. The number of hydrogen-bond donors (Lipinski definition) is 1. The maximum Gasteiger partial charge on any atom is 0.124 e. The van der Waals surface area contributed by atoms with E-state index in [9.17, 15) is 4.39 Å². The van der Waals surface area contributed by atoms with Crippen molar-refractivity contribution in [1.82, 2.24) is 4.90 Å². The molecule has 2 nitrogen and oxygen atoms in total. The van der Waals surface area contributed by atoms with Gasteiger partial charge in [-0.15, -0.1) is 0 Å². The van der Waals surface area contributed by atoms with Crippen molar-refractivity contribution < 1.29 is 4.39 Å². The van der Waals surface area contributed by atoms with Crippen molar-refractivity contribution in [3.8, 4) is 0 Å². The molecule has 0 saturated carbocycles. The minimum Gasteiger partial charge on any atom is -0.328 e. The molecule has 1 aliphatic rings. The van der Waals surface area contributed by atoms with Crippen molar-refractivity contribution in [2.75, 3.05) is 6.54 Å². The van der Waals surface area contributed by atoms with Crippen LogP contribution in [0.25, 0.3) is 0 Å². The summed E-state index contributed by atoms with van der Waals surface area (Å²) in [7, 11) is 0. The molecule has 2 N–H and O–H groups in total. The minimum absolute atomic E-state index is 0.285. The van der Waals surface area contributed by atoms with Crippen LogP contribution >= 0.6 is 11.6 Å². The third kappa shape index (κ3) is 3.18. The zero-order chi connectivity index (χ0) is 12.4. The second-order valence-electron chi connectivity index (χ2n) is 4.84. The van der Waals surface area contributed by atoms with Gasteiger partial charge in [-0.2, -0.15) is 0 Å². The SMILES string of the molecule is CC1CC(N)CCN1Cc1ccc(F)cc1Cl. The number of nitrogens with zero attached hydrogens (tertiary/aromatic N) is 1. The number of hydrogen-bond acceptors (Lipinski definition) is 2. The van der Waals surface area contributed by atoms with Gasteiger partial charge in [0.2, 0.25) is 0 Å². The van der Waals surface area contributed by atoms with Gasteiger partial charge in [0.05, 0.1) is 0 Å². The summed E-state index contributed by atoms with van der Waals surface area (Å²) in [5, 5.41) is 0.507. The Labute approximate surface area is 107 Å². The maximum absolute atomic E-state index is 12.9. The van der Waals surface area contributed by atoms with Gasteiger partial charge in [0.25, 0.3) is 0 Å². The van der Waals surface area contributed by atoms with E-state index < -0.39 is 0 Å². The van der Waals surface area contributed by atoms with E-state index in [0.29, 0.717) is 17.1 Å². The lowest BCUT2D eigenvalue weighted by Gasteiger charge is -2.36. The predicted octanol–water partition coefficient (Wildman–Crippen LogP) is 2.79. The first kappa shape index (κ1) is 12.8. The monoisotopic (exact) mass is 256 g/mol. The van der Waals surface area contributed by atoms with Crippen LogP contribution in [0.4, 0.5) is 4.39 Å². The second-order valence-corrected chi connectivity index (χ2v) is 5.25. The molecule has 2 atom stereocenters. The molecule has 1 aliphatic heterocycles. The summed E-state index contributed by atoms with van der Waals surface area (Å²) in [6, 6.07) is 5.36. The number of piperidine rings is 1. The molecule has 4 heteroatoms. The van der Waals surface area contributed by atoms with Gasteiger partial charge in [0, 0.05) is 30.2 Å². The van der Waals surface area contributed by atoms with E-state index >= 15 is 0 Å². The molecule has 0 aliphatic carbocycles. The summed E-state index contributed by atoms with van der Waals surface area (Å²) in [5.74, 6) is -0.285. The number of likely N-dealkylation sites (tertiary alicyclic amines) is 1. The Bertz CT molecular complexity index is 397. The first-order chi connectivity index (χ1) is 8.06. The number of nitrogens with two attached hydrogens (primary N) is 1. The number of halogens is 2. The Morgan fingerprint density at radius 2 is 2.29 bits per heavy atom. The molecule has 17 heavy (non-hydrogen) atoms. The summed E-state index contributed by atoms with van der Waals surface area (Å²) in [5.41, 5.74) is 6.91. The zero-order valence-electron chi connectivity index (χ0n) is 10.00. The highest BCUT2D eigenvalue weighted by Crippen LogP contribution is 2.23. The molecule has 1 aromatic rings. The third-order valence-corrected chi connectivity index (χ3v) is 3.79. The average molecular weight is 257 g/mol. The molecule has 1 aromatic carbocycles. The molecule has 2 rings (SSSR count). The Balaban J connectivity index is 2.05. The van der Waals surface area contributed by atoms with Gasteiger partial charge >= 0.3 is 0 Å². The van der Waals surface area contributed by atoms with Crippen LogP contribution in [0.15, 0.2) is 18.2 Å². The van der Waals surface area contributed by atoms with Crippen LogP contribution in [-0.4, -0.2) is 23.5 Å². The fourth-order valence-electron chi connectivity index (χ4n) is 2.36. The van der Waals surface area contributed by atoms with Crippen molar-refractivity contribution >= 4 is 11.6 Å². The summed E-state index contributed by atoms with van der Waals surface area (Å²) < 4.78 is 12.9. The predicted molar refractivity (Wildman–Crippen MR) is 68.5 cm³/mol. The molecule has 0 spiro atoms. The van der Waals surface area contributed by atoms with Crippen LogP contribution in [0.3, 0.4) is 0 Å². The fourth-order valence-corrected chi connectivity index (χ4v) is 2.59. The molecule has 0 amide bonds. The molecular formula is C13H18ClFN2. The van der Waals surface area contributed by atoms with Crippen molar-refractivity contribution in [1.29, 1.82) is 0 Å². The van der Waals surface area contributed by atoms with Crippen LogP contribution in [0.2, 0.25) is 5.02 Å². The van der Waals surface area contributed by atoms with Gasteiger partial charge in [0.1, 0.15) is 5.82 Å². The topological polar surface area (TPSA) is 29.3 Å². The van der Waals surface area contributed by atoms with Gasteiger partial charge in [-0.05, 0) is 37.5 Å². The summed E-state index contributed by atoms with van der Waals surface area (Å²) in [6.45, 7) is 3.93. The quantitative estimate of drug-likeness (QED) is 0.882. The van der Waals surface area contributed by atoms with E-state index in [4.69, 9.17) is 17.3 Å². The largest absolute Gasteiger partial charge is 0.328 e. The molecule has 0 aromatic heterocycles. The van der Waals surface area contributed by atoms with Gasteiger partial charge in [0.15, 0.2) is 0 Å². The Morgan fingerprint density at radius 1 is 1.53 bits per heavy atom. The Morgan fingerprint density at radius 3 is 2.94 bits per heavy atom. The lowest BCUT2D eigenvalue weighted by Crippen LogP contribution is -2.44. The van der Waals surface area contributed by atoms with Crippen molar-refractivity contribution in [3.63, 3.8) is 0 Å². The lowest BCUT2D eigenvalue weighted by molar-refractivity contribution is 0.140. The Kier molecular flexibility index (Phi) is 4.02. The van der Waals surface area contributed by atoms with E-state index in [1.807, 2.05) is 0 Å². The zero-order valence-corrected chi connectivity index (χ0v) is 10.8. The average Bonchev–Trinajstić information content (AvgIpc) is 2.25. The maximum atomic E-state index is 12.9. The van der Waals surface area contributed by atoms with E-state index in [0.717, 1.165) is 31.5 Å². The summed E-state index contributed by atoms with van der Waals surface area (Å²) in [6.07, 6.45) is 2.03. The van der Waals surface area contributed by atoms with Crippen molar-refractivity contribution in [3.05, 3.63) is 34.6 Å². The van der Waals surface area contributed by atoms with Crippen molar-refractivity contribution in [2.45, 2.75) is 38.4 Å². The number of benzene rings is 1. The van der Waals surface area contributed by atoms with Crippen molar-refractivity contribution in [2.24, 2.45) is 5.73 Å². The molecule has 0 bridgehead atoms. The summed E-state index contributed by atoms with van der Waals surface area (Å²) >= 11 is 6.03. The molecule has 1 heterocycles.